The van der Waals surface area contributed by atoms with Gasteiger partial charge in [0.05, 0.1) is 29.6 Å². The van der Waals surface area contributed by atoms with Gasteiger partial charge < -0.3 is 28.8 Å². The highest BCUT2D eigenvalue weighted by molar-refractivity contribution is 8.01. The van der Waals surface area contributed by atoms with E-state index in [0.717, 1.165) is 11.0 Å². The zero-order valence-corrected chi connectivity index (χ0v) is 19.9. The average molecular weight is 478 g/mol. The number of aryl methyl sites for hydroxylation is 1. The van der Waals surface area contributed by atoms with E-state index >= 15 is 0 Å². The van der Waals surface area contributed by atoms with Crippen molar-refractivity contribution < 1.29 is 33.7 Å². The number of nitrogens with zero attached hydrogens (tertiary/aromatic N) is 3. The molecular weight excluding hydrogens is 450 g/mol. The smallest absolute Gasteiger partial charge is 0.435 e. The van der Waals surface area contributed by atoms with Gasteiger partial charge in [0.2, 0.25) is 12.2 Å². The molecule has 3 heterocycles. The Hall–Kier alpha value is -2.79. The number of imidazole rings is 1. The van der Waals surface area contributed by atoms with Crippen LogP contribution in [-0.4, -0.2) is 72.8 Å². The van der Waals surface area contributed by atoms with Crippen molar-refractivity contribution in [3.63, 3.8) is 0 Å². The third-order valence-electron chi connectivity index (χ3n) is 6.33. The number of thioether (sulfide) groups is 1. The summed E-state index contributed by atoms with van der Waals surface area (Å²) in [6, 6.07) is 7.60. The monoisotopic (exact) mass is 477 g/mol. The van der Waals surface area contributed by atoms with Crippen LogP contribution in [0.15, 0.2) is 24.3 Å². The number of carbonyl (C=O) groups is 3. The molecule has 10 nitrogen and oxygen atoms in total. The minimum Gasteiger partial charge on any atom is -0.435 e. The predicted molar refractivity (Wildman–Crippen MR) is 119 cm³/mol. The number of amides is 1. The van der Waals surface area contributed by atoms with E-state index in [0.29, 0.717) is 5.82 Å². The van der Waals surface area contributed by atoms with Gasteiger partial charge in [-0.1, -0.05) is 12.1 Å². The molecule has 178 valence electrons. The normalized spacial score (nSPS) is 26.5. The number of rotatable bonds is 6. The van der Waals surface area contributed by atoms with Gasteiger partial charge in [-0.2, -0.15) is 0 Å². The number of hydrogen-bond donors (Lipinski definition) is 1. The minimum atomic E-state index is -1.65. The molecule has 4 atom stereocenters. The summed E-state index contributed by atoms with van der Waals surface area (Å²) >= 11 is 1.41. The quantitative estimate of drug-likeness (QED) is 0.379. The number of hydrogen-bond acceptors (Lipinski definition) is 9. The number of aliphatic hydroxyl groups excluding tert-OH is 1. The molecule has 0 bridgehead atoms. The van der Waals surface area contributed by atoms with Gasteiger partial charge in [-0.25, -0.2) is 14.6 Å². The number of esters is 1. The maximum Gasteiger partial charge on any atom is 0.511 e. The van der Waals surface area contributed by atoms with Crippen LogP contribution in [0.3, 0.4) is 0 Å². The Kier molecular flexibility index (Phi) is 5.81. The molecule has 11 heteroatoms. The van der Waals surface area contributed by atoms with Gasteiger partial charge in [-0.15, -0.1) is 11.8 Å². The second kappa shape index (κ2) is 8.21. The van der Waals surface area contributed by atoms with Gasteiger partial charge in [-0.3, -0.25) is 4.79 Å². The van der Waals surface area contributed by atoms with Crippen LogP contribution in [0.4, 0.5) is 4.79 Å². The zero-order chi connectivity index (χ0) is 24.1. The summed E-state index contributed by atoms with van der Waals surface area (Å²) < 4.78 is 16.0. The first kappa shape index (κ1) is 23.4. The molecule has 1 amide bonds. The highest BCUT2D eigenvalue weighted by Gasteiger charge is 2.73. The molecule has 1 aromatic carbocycles. The molecule has 33 heavy (non-hydrogen) atoms. The summed E-state index contributed by atoms with van der Waals surface area (Å²) in [5, 5.41) is 9.99. The fraction of sp³-hybridized carbons (Fsp3) is 0.545. The Balaban J connectivity index is 1.62. The first-order valence-corrected chi connectivity index (χ1v) is 11.5. The lowest BCUT2D eigenvalue weighted by atomic mass is 9.79. The molecule has 2 aliphatic heterocycles. The van der Waals surface area contributed by atoms with Crippen LogP contribution in [0.1, 0.15) is 39.4 Å². The third-order valence-corrected chi connectivity index (χ3v) is 7.98. The number of ether oxygens (including phenoxy) is 3. The first-order valence-electron chi connectivity index (χ1n) is 10.7. The van der Waals surface area contributed by atoms with Gasteiger partial charge in [0, 0.05) is 18.7 Å². The van der Waals surface area contributed by atoms with Crippen LogP contribution in [0.5, 0.6) is 0 Å². The van der Waals surface area contributed by atoms with Crippen molar-refractivity contribution in [1.29, 1.82) is 0 Å². The van der Waals surface area contributed by atoms with Crippen LogP contribution in [0.2, 0.25) is 0 Å². The maximum absolute atomic E-state index is 13.4. The van der Waals surface area contributed by atoms with Gasteiger partial charge >= 0.3 is 12.1 Å². The van der Waals surface area contributed by atoms with Crippen molar-refractivity contribution in [2.24, 2.45) is 7.05 Å². The lowest BCUT2D eigenvalue weighted by molar-refractivity contribution is -0.194. The fourth-order valence-electron chi connectivity index (χ4n) is 4.59. The van der Waals surface area contributed by atoms with Crippen molar-refractivity contribution in [2.75, 3.05) is 13.2 Å². The number of benzene rings is 1. The van der Waals surface area contributed by atoms with E-state index in [9.17, 15) is 19.5 Å². The number of β-lactam (4-membered cyclic amide) rings is 1. The van der Waals surface area contributed by atoms with E-state index in [1.165, 1.54) is 23.6 Å². The fourth-order valence-corrected chi connectivity index (χ4v) is 6.40. The molecule has 1 N–H and O–H groups in total. The molecule has 1 aromatic heterocycles. The standard InChI is InChI=1S/C22H27N3O7S/c1-6-30-20(29)32-12(2)31-19(28)22(11-26)21(3,4)33-18-15(17(27)25(18)22)16-23-13-9-7-8-10-14(13)24(16)5/h7-10,12,15,18,26H,6,11H2,1-5H3/t12?,15?,18-,22+/m1/s1. The summed E-state index contributed by atoms with van der Waals surface area (Å²) in [6.07, 6.45) is -2.23. The highest BCUT2D eigenvalue weighted by Crippen LogP contribution is 2.61. The molecule has 4 rings (SSSR count). The molecule has 0 spiro atoms. The summed E-state index contributed by atoms with van der Waals surface area (Å²) in [6.45, 7) is 6.01. The van der Waals surface area contributed by atoms with Crippen molar-refractivity contribution in [3.8, 4) is 0 Å². The number of aromatic nitrogens is 2. The molecule has 0 saturated carbocycles. The minimum absolute atomic E-state index is 0.108. The van der Waals surface area contributed by atoms with Crippen molar-refractivity contribution in [2.45, 2.75) is 55.6 Å². The van der Waals surface area contributed by atoms with E-state index in [4.69, 9.17) is 14.2 Å². The lowest BCUT2D eigenvalue weighted by Crippen LogP contribution is -2.72. The number of carbonyl (C=O) groups excluding carboxylic acids is 3. The number of fused-ring (bicyclic) bond motifs is 2. The van der Waals surface area contributed by atoms with Crippen LogP contribution >= 0.6 is 11.8 Å². The lowest BCUT2D eigenvalue weighted by Gasteiger charge is -2.49. The largest absolute Gasteiger partial charge is 0.511 e. The maximum atomic E-state index is 13.4. The SMILES string of the molecule is CCOC(=O)OC(C)OC(=O)[C@]1(CO)N2C(=O)C(c3nc4ccccc4n3C)[C@H]2SC1(C)C. The molecule has 2 fully saturated rings. The van der Waals surface area contributed by atoms with Gasteiger partial charge in [-0.05, 0) is 32.9 Å². The first-order chi connectivity index (χ1) is 15.6. The van der Waals surface area contributed by atoms with Crippen LogP contribution in [-0.2, 0) is 30.8 Å². The molecule has 2 unspecified atom stereocenters. The average Bonchev–Trinajstić information content (AvgIpc) is 3.17. The Morgan fingerprint density at radius 2 is 1.97 bits per heavy atom. The van der Waals surface area contributed by atoms with Gasteiger partial charge in [0.1, 0.15) is 11.7 Å². The molecule has 0 radical (unpaired) electrons. The van der Waals surface area contributed by atoms with Gasteiger partial charge in [0.15, 0.2) is 5.54 Å². The molecule has 2 saturated heterocycles. The van der Waals surface area contributed by atoms with E-state index < -0.39 is 46.6 Å². The Labute approximate surface area is 195 Å². The topological polar surface area (TPSA) is 120 Å². The van der Waals surface area contributed by atoms with E-state index in [1.54, 1.807) is 20.8 Å². The Bertz CT molecular complexity index is 1120. The molecular formula is C22H27N3O7S. The Morgan fingerprint density at radius 3 is 2.61 bits per heavy atom. The zero-order valence-electron chi connectivity index (χ0n) is 19.1. The number of para-hydroxylation sites is 2. The molecule has 2 aliphatic rings. The van der Waals surface area contributed by atoms with E-state index in [1.807, 2.05) is 35.9 Å². The highest BCUT2D eigenvalue weighted by atomic mass is 32.2. The van der Waals surface area contributed by atoms with E-state index in [2.05, 4.69) is 4.98 Å². The predicted octanol–water partition coefficient (Wildman–Crippen LogP) is 2.14. The van der Waals surface area contributed by atoms with Crippen molar-refractivity contribution in [3.05, 3.63) is 30.1 Å². The van der Waals surface area contributed by atoms with Crippen molar-refractivity contribution >= 4 is 40.8 Å². The third kappa shape index (κ3) is 3.36. The summed E-state index contributed by atoms with van der Waals surface area (Å²) in [7, 11) is 1.85. The second-order valence-electron chi connectivity index (χ2n) is 8.51. The summed E-state index contributed by atoms with van der Waals surface area (Å²) in [5.74, 6) is -1.13. The summed E-state index contributed by atoms with van der Waals surface area (Å²) in [4.78, 5) is 44.3. The van der Waals surface area contributed by atoms with Crippen molar-refractivity contribution in [1.82, 2.24) is 14.5 Å². The van der Waals surface area contributed by atoms with Gasteiger partial charge in [0.25, 0.3) is 0 Å². The second-order valence-corrected chi connectivity index (χ2v) is 10.3. The Morgan fingerprint density at radius 1 is 1.27 bits per heavy atom. The number of aliphatic hydroxyl groups is 1. The van der Waals surface area contributed by atoms with E-state index in [-0.39, 0.29) is 12.5 Å². The van der Waals surface area contributed by atoms with Crippen LogP contribution in [0.25, 0.3) is 11.0 Å². The molecule has 2 aromatic rings. The van der Waals surface area contributed by atoms with Crippen LogP contribution in [0, 0.1) is 0 Å². The summed E-state index contributed by atoms with van der Waals surface area (Å²) in [5.41, 5.74) is 0.0346. The van der Waals surface area contributed by atoms with Crippen LogP contribution < -0.4 is 0 Å². The molecule has 0 aliphatic carbocycles.